The number of benzene rings is 1. The Morgan fingerprint density at radius 2 is 1.89 bits per heavy atom. The highest BCUT2D eigenvalue weighted by atomic mass is 16.5. The monoisotopic (exact) mass is 370 g/mol. The zero-order valence-electron chi connectivity index (χ0n) is 16.7. The molecule has 3 aliphatic rings. The number of nitrogens with zero attached hydrogens (tertiary/aromatic N) is 2. The van der Waals surface area contributed by atoms with Crippen LogP contribution in [0.4, 0.5) is 0 Å². The summed E-state index contributed by atoms with van der Waals surface area (Å²) in [5.74, 6) is 1.90. The van der Waals surface area contributed by atoms with E-state index in [0.717, 1.165) is 57.8 Å². The van der Waals surface area contributed by atoms with Crippen molar-refractivity contribution in [3.8, 4) is 0 Å². The summed E-state index contributed by atoms with van der Waals surface area (Å²) in [6.45, 7) is 6.63. The van der Waals surface area contributed by atoms with Crippen molar-refractivity contribution in [1.29, 1.82) is 0 Å². The molecule has 0 aromatic heterocycles. The lowest BCUT2D eigenvalue weighted by Gasteiger charge is -2.43. The summed E-state index contributed by atoms with van der Waals surface area (Å²) in [4.78, 5) is 6.93. The fourth-order valence-corrected chi connectivity index (χ4v) is 4.60. The molecule has 2 aliphatic carbocycles. The fraction of sp³-hybridized carbons (Fsp3) is 0.682. The molecule has 0 unspecified atom stereocenters. The molecule has 5 nitrogen and oxygen atoms in total. The molecule has 148 valence electrons. The first-order valence-corrected chi connectivity index (χ1v) is 10.6. The number of nitrogens with one attached hydrogen (secondary N) is 2. The molecular formula is C22H34N4O. The summed E-state index contributed by atoms with van der Waals surface area (Å²) in [6.07, 6.45) is 7.05. The molecule has 2 saturated carbocycles. The second-order valence-electron chi connectivity index (χ2n) is 8.43. The molecule has 27 heavy (non-hydrogen) atoms. The Morgan fingerprint density at radius 3 is 2.52 bits per heavy atom. The Hall–Kier alpha value is -1.59. The van der Waals surface area contributed by atoms with Crippen LogP contribution in [0.1, 0.15) is 43.2 Å². The molecule has 0 amide bonds. The van der Waals surface area contributed by atoms with Gasteiger partial charge < -0.3 is 15.4 Å². The lowest BCUT2D eigenvalue weighted by molar-refractivity contribution is 0.0341. The number of aliphatic imine (C=N–C) groups is 1. The van der Waals surface area contributed by atoms with Crippen LogP contribution in [0.25, 0.3) is 0 Å². The molecule has 0 spiro atoms. The molecular weight excluding hydrogens is 336 g/mol. The SMILES string of the molecule is CN=C(NCc1ccccc1CN1CCOCC1)NCC1(C2CC2)CCC1. The summed E-state index contributed by atoms with van der Waals surface area (Å²) >= 11 is 0. The molecule has 2 N–H and O–H groups in total. The zero-order valence-corrected chi connectivity index (χ0v) is 16.7. The third kappa shape index (κ3) is 4.64. The Balaban J connectivity index is 1.30. The van der Waals surface area contributed by atoms with Gasteiger partial charge in [0.25, 0.3) is 0 Å². The van der Waals surface area contributed by atoms with Gasteiger partial charge in [-0.05, 0) is 48.1 Å². The van der Waals surface area contributed by atoms with Crippen molar-refractivity contribution in [3.05, 3.63) is 35.4 Å². The molecule has 5 heteroatoms. The Labute approximate surface area is 163 Å². The van der Waals surface area contributed by atoms with Gasteiger partial charge in [-0.15, -0.1) is 0 Å². The molecule has 1 aromatic carbocycles. The maximum absolute atomic E-state index is 5.47. The topological polar surface area (TPSA) is 48.9 Å². The summed E-state index contributed by atoms with van der Waals surface area (Å²) < 4.78 is 5.47. The van der Waals surface area contributed by atoms with E-state index in [-0.39, 0.29) is 0 Å². The quantitative estimate of drug-likeness (QED) is 0.572. The van der Waals surface area contributed by atoms with E-state index in [9.17, 15) is 0 Å². The van der Waals surface area contributed by atoms with Crippen molar-refractivity contribution in [2.45, 2.75) is 45.2 Å². The smallest absolute Gasteiger partial charge is 0.191 e. The van der Waals surface area contributed by atoms with E-state index in [2.05, 4.69) is 44.8 Å². The number of hydrogen-bond acceptors (Lipinski definition) is 3. The summed E-state index contributed by atoms with van der Waals surface area (Å²) in [5, 5.41) is 7.16. The standard InChI is InChI=1S/C22H34N4O/c1-23-21(25-17-22(9-4-10-22)20-7-8-20)24-15-18-5-2-3-6-19(18)16-26-11-13-27-14-12-26/h2-3,5-6,20H,4,7-17H2,1H3,(H2,23,24,25). The van der Waals surface area contributed by atoms with Crippen LogP contribution in [-0.2, 0) is 17.8 Å². The van der Waals surface area contributed by atoms with E-state index in [4.69, 9.17) is 4.74 Å². The highest BCUT2D eigenvalue weighted by Gasteiger charge is 2.48. The van der Waals surface area contributed by atoms with Crippen molar-refractivity contribution in [2.24, 2.45) is 16.3 Å². The predicted octanol–water partition coefficient (Wildman–Crippen LogP) is 2.76. The van der Waals surface area contributed by atoms with Crippen LogP contribution in [-0.4, -0.2) is 50.8 Å². The lowest BCUT2D eigenvalue weighted by Crippen LogP contribution is -2.47. The highest BCUT2D eigenvalue weighted by Crippen LogP contribution is 2.56. The molecule has 4 rings (SSSR count). The molecule has 1 aliphatic heterocycles. The van der Waals surface area contributed by atoms with Crippen LogP contribution in [0.15, 0.2) is 29.3 Å². The van der Waals surface area contributed by atoms with Gasteiger partial charge in [0.2, 0.25) is 0 Å². The van der Waals surface area contributed by atoms with Gasteiger partial charge >= 0.3 is 0 Å². The maximum atomic E-state index is 5.47. The molecule has 0 radical (unpaired) electrons. The largest absolute Gasteiger partial charge is 0.379 e. The first kappa shape index (κ1) is 18.8. The maximum Gasteiger partial charge on any atom is 0.191 e. The van der Waals surface area contributed by atoms with Crippen molar-refractivity contribution in [2.75, 3.05) is 39.9 Å². The van der Waals surface area contributed by atoms with E-state index in [1.165, 1.54) is 43.2 Å². The van der Waals surface area contributed by atoms with Gasteiger partial charge in [-0.1, -0.05) is 30.7 Å². The Bertz CT molecular complexity index is 645. The summed E-state index contributed by atoms with van der Waals surface area (Å²) in [6, 6.07) is 8.75. The number of ether oxygens (including phenoxy) is 1. The van der Waals surface area contributed by atoms with E-state index in [1.807, 2.05) is 7.05 Å². The Kier molecular flexibility index (Phi) is 5.98. The fourth-order valence-electron chi connectivity index (χ4n) is 4.60. The van der Waals surface area contributed by atoms with Crippen molar-refractivity contribution >= 4 is 5.96 Å². The molecule has 1 heterocycles. The van der Waals surface area contributed by atoms with Crippen LogP contribution in [0.5, 0.6) is 0 Å². The molecule has 1 aromatic rings. The lowest BCUT2D eigenvalue weighted by atomic mass is 9.65. The molecule has 1 saturated heterocycles. The number of morpholine rings is 1. The summed E-state index contributed by atoms with van der Waals surface area (Å²) in [7, 11) is 1.87. The average molecular weight is 371 g/mol. The summed E-state index contributed by atoms with van der Waals surface area (Å²) in [5.41, 5.74) is 3.31. The van der Waals surface area contributed by atoms with Crippen LogP contribution in [0.2, 0.25) is 0 Å². The van der Waals surface area contributed by atoms with Gasteiger partial charge in [-0.2, -0.15) is 0 Å². The normalized spacial score (nSPS) is 22.9. The van der Waals surface area contributed by atoms with E-state index < -0.39 is 0 Å². The molecule has 0 atom stereocenters. The molecule has 3 fully saturated rings. The minimum Gasteiger partial charge on any atom is -0.379 e. The van der Waals surface area contributed by atoms with E-state index in [0.29, 0.717) is 5.41 Å². The average Bonchev–Trinajstić information content (AvgIpc) is 3.51. The second kappa shape index (κ2) is 8.61. The van der Waals surface area contributed by atoms with Crippen LogP contribution < -0.4 is 10.6 Å². The van der Waals surface area contributed by atoms with E-state index in [1.54, 1.807) is 0 Å². The van der Waals surface area contributed by atoms with Crippen LogP contribution in [0.3, 0.4) is 0 Å². The predicted molar refractivity (Wildman–Crippen MR) is 110 cm³/mol. The van der Waals surface area contributed by atoms with Gasteiger partial charge in [-0.25, -0.2) is 0 Å². The first-order valence-electron chi connectivity index (χ1n) is 10.6. The number of guanidine groups is 1. The van der Waals surface area contributed by atoms with Gasteiger partial charge in [0, 0.05) is 39.8 Å². The Morgan fingerprint density at radius 1 is 1.15 bits per heavy atom. The van der Waals surface area contributed by atoms with Crippen LogP contribution in [0, 0.1) is 11.3 Å². The van der Waals surface area contributed by atoms with Crippen molar-refractivity contribution in [3.63, 3.8) is 0 Å². The minimum absolute atomic E-state index is 0.561. The van der Waals surface area contributed by atoms with Gasteiger partial charge in [0.15, 0.2) is 5.96 Å². The third-order valence-corrected chi connectivity index (χ3v) is 6.69. The van der Waals surface area contributed by atoms with Gasteiger partial charge in [0.1, 0.15) is 0 Å². The van der Waals surface area contributed by atoms with E-state index >= 15 is 0 Å². The molecule has 0 bridgehead atoms. The third-order valence-electron chi connectivity index (χ3n) is 6.69. The first-order chi connectivity index (χ1) is 13.3. The van der Waals surface area contributed by atoms with Gasteiger partial charge in [0.05, 0.1) is 13.2 Å². The zero-order chi connectivity index (χ0) is 18.5. The second-order valence-corrected chi connectivity index (χ2v) is 8.43. The number of rotatable bonds is 7. The van der Waals surface area contributed by atoms with Crippen molar-refractivity contribution in [1.82, 2.24) is 15.5 Å². The van der Waals surface area contributed by atoms with Crippen molar-refractivity contribution < 1.29 is 4.74 Å². The van der Waals surface area contributed by atoms with Crippen LogP contribution >= 0.6 is 0 Å². The number of hydrogen-bond donors (Lipinski definition) is 2. The minimum atomic E-state index is 0.561. The van der Waals surface area contributed by atoms with Gasteiger partial charge in [-0.3, -0.25) is 9.89 Å². The highest BCUT2D eigenvalue weighted by molar-refractivity contribution is 5.79.